The Bertz CT molecular complexity index is 2480. The van der Waals surface area contributed by atoms with Gasteiger partial charge in [0.1, 0.15) is 28.7 Å². The van der Waals surface area contributed by atoms with Crippen LogP contribution in [0.25, 0.3) is 5.00 Å². The highest BCUT2D eigenvalue weighted by molar-refractivity contribution is 7.17. The van der Waals surface area contributed by atoms with Crippen LogP contribution in [0.1, 0.15) is 84.0 Å². The molecule has 324 valence electrons. The molecule has 0 saturated carbocycles. The predicted octanol–water partition coefficient (Wildman–Crippen LogP) is 2.41. The van der Waals surface area contributed by atoms with E-state index >= 15 is 0 Å². The van der Waals surface area contributed by atoms with Crippen molar-refractivity contribution in [3.05, 3.63) is 91.8 Å². The molecule has 0 spiro atoms. The van der Waals surface area contributed by atoms with Gasteiger partial charge in [0.2, 0.25) is 11.8 Å². The Morgan fingerprint density at radius 2 is 1.65 bits per heavy atom. The third-order valence-electron chi connectivity index (χ3n) is 10.2. The minimum atomic E-state index is -1.13. The Morgan fingerprint density at radius 1 is 0.919 bits per heavy atom. The molecule has 1 fully saturated rings. The number of aryl methyl sites for hydroxylation is 1. The Hall–Kier alpha value is -6.35. The van der Waals surface area contributed by atoms with Crippen LogP contribution in [0.2, 0.25) is 5.02 Å². The lowest BCUT2D eigenvalue weighted by atomic mass is 9.99. The van der Waals surface area contributed by atoms with Crippen LogP contribution in [0.3, 0.4) is 0 Å². The van der Waals surface area contributed by atoms with Crippen molar-refractivity contribution in [3.8, 4) is 10.8 Å². The van der Waals surface area contributed by atoms with Gasteiger partial charge in [-0.1, -0.05) is 29.8 Å². The molecule has 3 aliphatic heterocycles. The fraction of sp³-hybridized carbons (Fsp3) is 0.366. The van der Waals surface area contributed by atoms with Gasteiger partial charge in [0.05, 0.1) is 61.7 Å². The second-order valence-corrected chi connectivity index (χ2v) is 15.6. The normalized spacial score (nSPS) is 16.8. The lowest BCUT2D eigenvalue weighted by Gasteiger charge is -2.27. The lowest BCUT2D eigenvalue weighted by molar-refractivity contribution is -0.141. The van der Waals surface area contributed by atoms with E-state index in [1.807, 2.05) is 23.6 Å². The number of imide groups is 2. The van der Waals surface area contributed by atoms with Crippen LogP contribution in [-0.4, -0.2) is 126 Å². The summed E-state index contributed by atoms with van der Waals surface area (Å²) in [7, 11) is 1.31. The summed E-state index contributed by atoms with van der Waals surface area (Å²) < 4.78 is 23.6. The zero-order chi connectivity index (χ0) is 44.1. The molecule has 2 aromatic heterocycles. The molecule has 2 aromatic carbocycles. The van der Waals surface area contributed by atoms with Crippen LogP contribution < -0.4 is 20.7 Å². The lowest BCUT2D eigenvalue weighted by Crippen LogP contribution is -2.54. The first-order chi connectivity index (χ1) is 29.9. The summed E-state index contributed by atoms with van der Waals surface area (Å²) in [5, 5.41) is 17.6. The molecule has 0 radical (unpaired) electrons. The minimum Gasteiger partial charge on any atom is -0.483 e. The maximum Gasteiger partial charge on any atom is 0.308 e. The van der Waals surface area contributed by atoms with Crippen LogP contribution in [0, 0.1) is 13.8 Å². The molecular weight excluding hydrogens is 848 g/mol. The Kier molecular flexibility index (Phi) is 13.5. The average molecular weight is 889 g/mol. The minimum absolute atomic E-state index is 0.00855. The van der Waals surface area contributed by atoms with Gasteiger partial charge in [-0.05, 0) is 50.1 Å². The Morgan fingerprint density at radius 3 is 2.35 bits per heavy atom. The summed E-state index contributed by atoms with van der Waals surface area (Å²) in [6.45, 7) is 4.38. The number of piperidine rings is 1. The van der Waals surface area contributed by atoms with Gasteiger partial charge in [-0.3, -0.25) is 53.3 Å². The fourth-order valence-corrected chi connectivity index (χ4v) is 8.59. The SMILES string of the molecule is COC(=O)C[C@H]1N=C(c2ccc(Cl)cc2)c2c(sc(C(=O)NCCOCCOCCNC(=O)COc3cccc4c3C(=O)N(C3CCC(=O)NC3=O)C4=O)c2C)-n2c(C)nnc21. The maximum absolute atomic E-state index is 13.6. The van der Waals surface area contributed by atoms with E-state index in [0.717, 1.165) is 10.5 Å². The molecule has 21 heteroatoms. The molecule has 7 rings (SSSR count). The number of ether oxygens (including phenoxy) is 4. The second-order valence-electron chi connectivity index (χ2n) is 14.2. The predicted molar refractivity (Wildman–Crippen MR) is 221 cm³/mol. The maximum atomic E-state index is 13.6. The zero-order valence-corrected chi connectivity index (χ0v) is 35.4. The molecule has 1 saturated heterocycles. The van der Waals surface area contributed by atoms with Crippen molar-refractivity contribution in [2.24, 2.45) is 4.99 Å². The number of hydrogen-bond acceptors (Lipinski definition) is 15. The van der Waals surface area contributed by atoms with Gasteiger partial charge in [-0.2, -0.15) is 0 Å². The summed E-state index contributed by atoms with van der Waals surface area (Å²) in [6.07, 6.45) is -0.0540. The first-order valence-electron chi connectivity index (χ1n) is 19.5. The smallest absolute Gasteiger partial charge is 0.308 e. The molecular formula is C41H41ClN8O11S. The van der Waals surface area contributed by atoms with Crippen LogP contribution in [0.4, 0.5) is 0 Å². The van der Waals surface area contributed by atoms with Gasteiger partial charge < -0.3 is 29.6 Å². The van der Waals surface area contributed by atoms with Crippen LogP contribution in [0.5, 0.6) is 5.75 Å². The molecule has 0 bridgehead atoms. The van der Waals surface area contributed by atoms with Crippen LogP contribution >= 0.6 is 22.9 Å². The molecule has 6 amide bonds. The number of rotatable bonds is 17. The third-order valence-corrected chi connectivity index (χ3v) is 11.7. The highest BCUT2D eigenvalue weighted by atomic mass is 35.5. The van der Waals surface area contributed by atoms with Crippen molar-refractivity contribution in [1.29, 1.82) is 0 Å². The largest absolute Gasteiger partial charge is 0.483 e. The van der Waals surface area contributed by atoms with Gasteiger partial charge >= 0.3 is 5.97 Å². The highest BCUT2D eigenvalue weighted by Crippen LogP contribution is 2.40. The number of nitrogens with zero attached hydrogens (tertiary/aromatic N) is 5. The van der Waals surface area contributed by atoms with Gasteiger partial charge in [0, 0.05) is 35.7 Å². The molecule has 4 aromatic rings. The number of carbonyl (C=O) groups excluding carboxylic acids is 7. The van der Waals surface area contributed by atoms with E-state index in [1.54, 1.807) is 19.1 Å². The topological polar surface area (TPSA) is 239 Å². The van der Waals surface area contributed by atoms with Crippen molar-refractivity contribution in [3.63, 3.8) is 0 Å². The molecule has 3 aliphatic rings. The van der Waals surface area contributed by atoms with Crippen molar-refractivity contribution in [1.82, 2.24) is 35.6 Å². The molecule has 0 aliphatic carbocycles. The van der Waals surface area contributed by atoms with E-state index < -0.39 is 54.2 Å². The Labute approximate surface area is 363 Å². The van der Waals surface area contributed by atoms with E-state index in [1.165, 1.54) is 36.6 Å². The number of amides is 6. The first-order valence-corrected chi connectivity index (χ1v) is 20.7. The van der Waals surface area contributed by atoms with E-state index in [0.29, 0.717) is 43.4 Å². The van der Waals surface area contributed by atoms with Gasteiger partial charge in [-0.15, -0.1) is 21.5 Å². The summed E-state index contributed by atoms with van der Waals surface area (Å²) in [6, 6.07) is 9.72. The molecule has 19 nitrogen and oxygen atoms in total. The van der Waals surface area contributed by atoms with Crippen molar-refractivity contribution in [2.75, 3.05) is 53.2 Å². The van der Waals surface area contributed by atoms with Crippen LogP contribution in [-0.2, 0) is 33.4 Å². The Balaban J connectivity index is 0.850. The standard InChI is InChI=1S/C41H41ClN8O11S/c1-21-32-34(23-7-9-24(42)10-8-23)45-26(19-31(53)58-3)36-48-47-22(2)49(36)41(32)62-35(21)38(55)44-14-16-60-18-17-59-15-13-43-30(52)20-61-28-6-4-5-25-33(28)40(57)50(39(25)56)27-11-12-29(51)46-37(27)54/h4-10,26-27H,11-20H2,1-3H3,(H,43,52)(H,44,55)(H,46,51,54)/t26-,27?/m1/s1. The number of thiophene rings is 1. The third kappa shape index (κ3) is 9.13. The monoisotopic (exact) mass is 888 g/mol. The quantitative estimate of drug-likeness (QED) is 0.0786. The number of halogens is 1. The molecule has 1 unspecified atom stereocenters. The molecule has 5 heterocycles. The number of esters is 1. The highest BCUT2D eigenvalue weighted by Gasteiger charge is 2.46. The molecule has 62 heavy (non-hydrogen) atoms. The summed E-state index contributed by atoms with van der Waals surface area (Å²) >= 11 is 7.47. The number of benzene rings is 2. The van der Waals surface area contributed by atoms with Crippen molar-refractivity contribution in [2.45, 2.75) is 45.2 Å². The van der Waals surface area contributed by atoms with E-state index in [2.05, 4.69) is 26.1 Å². The van der Waals surface area contributed by atoms with Gasteiger partial charge in [0.15, 0.2) is 12.4 Å². The van der Waals surface area contributed by atoms with E-state index in [9.17, 15) is 33.6 Å². The molecule has 2 atom stereocenters. The van der Waals surface area contributed by atoms with E-state index in [-0.39, 0.29) is 81.6 Å². The summed E-state index contributed by atoms with van der Waals surface area (Å²) in [4.78, 5) is 95.0. The average Bonchev–Trinajstić information content (AvgIpc) is 3.85. The number of hydrogen-bond donors (Lipinski definition) is 3. The van der Waals surface area contributed by atoms with Crippen molar-refractivity contribution >= 4 is 70.1 Å². The van der Waals surface area contributed by atoms with Gasteiger partial charge in [-0.25, -0.2) is 0 Å². The second kappa shape index (κ2) is 19.1. The summed E-state index contributed by atoms with van der Waals surface area (Å²) in [5.41, 5.74) is 2.71. The van der Waals surface area contributed by atoms with E-state index in [4.69, 9.17) is 35.5 Å². The number of nitrogens with one attached hydrogen (secondary N) is 3. The van der Waals surface area contributed by atoms with Gasteiger partial charge in [0.25, 0.3) is 23.6 Å². The number of carbonyl (C=O) groups is 7. The number of methoxy groups -OCH3 is 1. The number of aliphatic imine (C=N–C) groups is 1. The van der Waals surface area contributed by atoms with Crippen LogP contribution in [0.15, 0.2) is 47.5 Å². The number of fused-ring (bicyclic) bond motifs is 4. The zero-order valence-electron chi connectivity index (χ0n) is 33.8. The summed E-state index contributed by atoms with van der Waals surface area (Å²) in [5.74, 6) is -2.85. The first kappa shape index (κ1) is 43.7. The van der Waals surface area contributed by atoms with Crippen molar-refractivity contribution < 1.29 is 52.5 Å². The number of aromatic nitrogens is 3. The fourth-order valence-electron chi connectivity index (χ4n) is 7.18. The molecule has 3 N–H and O–H groups in total.